The van der Waals surface area contributed by atoms with E-state index in [9.17, 15) is 0 Å². The molecule has 0 amide bonds. The number of hydrazine groups is 2. The van der Waals surface area contributed by atoms with Gasteiger partial charge in [0.1, 0.15) is 0 Å². The Kier molecular flexibility index (Phi) is 3.16. The second-order valence-electron chi connectivity index (χ2n) is 4.04. The number of alkyl halides is 1. The SMILES string of the molecule is CC1N(C)N(C)N(Cl)C1(Cl)c1ccccc1. The quantitative estimate of drug-likeness (QED) is 0.436. The number of hydrogen-bond acceptors (Lipinski definition) is 3. The van der Waals surface area contributed by atoms with E-state index in [1.54, 1.807) is 0 Å². The van der Waals surface area contributed by atoms with E-state index in [1.807, 2.05) is 54.6 Å². The Morgan fingerprint density at radius 1 is 1.19 bits per heavy atom. The molecule has 2 rings (SSSR count). The Hall–Kier alpha value is -0.320. The molecule has 1 heterocycles. The van der Waals surface area contributed by atoms with Gasteiger partial charge in [-0.05, 0) is 24.3 Å². The lowest BCUT2D eigenvalue weighted by molar-refractivity contribution is -0.0451. The van der Waals surface area contributed by atoms with E-state index in [0.29, 0.717) is 0 Å². The Morgan fingerprint density at radius 3 is 2.19 bits per heavy atom. The van der Waals surface area contributed by atoms with Crippen LogP contribution in [-0.4, -0.2) is 34.8 Å². The summed E-state index contributed by atoms with van der Waals surface area (Å²) in [5.41, 5.74) is 0.996. The Bertz CT molecular complexity index is 357. The highest BCUT2D eigenvalue weighted by Crippen LogP contribution is 2.45. The van der Waals surface area contributed by atoms with Gasteiger partial charge in [-0.25, -0.2) is 5.01 Å². The molecule has 0 bridgehead atoms. The number of halogens is 2. The molecule has 2 unspecified atom stereocenters. The molecule has 3 nitrogen and oxygen atoms in total. The molecule has 1 saturated heterocycles. The first-order chi connectivity index (χ1) is 7.49. The van der Waals surface area contributed by atoms with E-state index in [0.717, 1.165) is 5.56 Å². The van der Waals surface area contributed by atoms with Gasteiger partial charge in [-0.3, -0.25) is 0 Å². The third kappa shape index (κ3) is 1.55. The minimum atomic E-state index is -0.730. The van der Waals surface area contributed by atoms with Crippen molar-refractivity contribution in [3.05, 3.63) is 35.9 Å². The van der Waals surface area contributed by atoms with Gasteiger partial charge in [0.15, 0.2) is 5.00 Å². The van der Waals surface area contributed by atoms with Gasteiger partial charge < -0.3 is 0 Å². The van der Waals surface area contributed by atoms with Crippen LogP contribution in [0.2, 0.25) is 0 Å². The number of benzene rings is 1. The molecule has 1 fully saturated rings. The standard InChI is InChI=1S/C11H15Cl2N3/c1-9-11(12,10-7-5-4-6-8-10)16(13)15(3)14(9)2/h4-9H,1-3H3. The molecule has 0 radical (unpaired) electrons. The van der Waals surface area contributed by atoms with Gasteiger partial charge in [0.25, 0.3) is 0 Å². The van der Waals surface area contributed by atoms with Gasteiger partial charge in [0, 0.05) is 14.1 Å². The molecule has 16 heavy (non-hydrogen) atoms. The molecule has 5 heteroatoms. The van der Waals surface area contributed by atoms with Crippen LogP contribution in [0.4, 0.5) is 0 Å². The van der Waals surface area contributed by atoms with E-state index in [2.05, 4.69) is 6.92 Å². The summed E-state index contributed by atoms with van der Waals surface area (Å²) in [6.07, 6.45) is 0. The molecule has 1 aliphatic heterocycles. The number of hydrogen-bond donors (Lipinski definition) is 0. The van der Waals surface area contributed by atoms with Crippen LogP contribution in [0.5, 0.6) is 0 Å². The third-order valence-electron chi connectivity index (χ3n) is 3.27. The Balaban J connectivity index is 2.46. The molecule has 1 aliphatic rings. The molecule has 0 N–H and O–H groups in total. The number of rotatable bonds is 1. The fourth-order valence-electron chi connectivity index (χ4n) is 2.01. The molecule has 0 saturated carbocycles. The normalized spacial score (nSPS) is 33.4. The Morgan fingerprint density at radius 2 is 1.75 bits per heavy atom. The van der Waals surface area contributed by atoms with Gasteiger partial charge in [-0.1, -0.05) is 41.9 Å². The van der Waals surface area contributed by atoms with Gasteiger partial charge in [0.05, 0.1) is 6.04 Å². The number of likely N-dealkylation sites (N-methyl/N-ethyl adjacent to an activating group) is 1. The molecule has 0 aliphatic carbocycles. The molecule has 1 aromatic carbocycles. The van der Waals surface area contributed by atoms with Crippen molar-refractivity contribution in [3.8, 4) is 0 Å². The fourth-order valence-corrected chi connectivity index (χ4v) is 2.73. The van der Waals surface area contributed by atoms with E-state index >= 15 is 0 Å². The van der Waals surface area contributed by atoms with Crippen molar-refractivity contribution in [2.75, 3.05) is 14.1 Å². The summed E-state index contributed by atoms with van der Waals surface area (Å²) >= 11 is 13.0. The predicted molar refractivity (Wildman–Crippen MR) is 66.7 cm³/mol. The highest BCUT2D eigenvalue weighted by atomic mass is 35.5. The smallest absolute Gasteiger partial charge is 0.168 e. The zero-order valence-electron chi connectivity index (χ0n) is 9.56. The highest BCUT2D eigenvalue weighted by molar-refractivity contribution is 6.28. The van der Waals surface area contributed by atoms with Crippen LogP contribution >= 0.6 is 23.4 Å². The summed E-state index contributed by atoms with van der Waals surface area (Å²) in [5, 5.41) is 3.82. The second kappa shape index (κ2) is 4.17. The highest BCUT2D eigenvalue weighted by Gasteiger charge is 2.52. The van der Waals surface area contributed by atoms with Crippen LogP contribution in [0.1, 0.15) is 12.5 Å². The van der Waals surface area contributed by atoms with Crippen LogP contribution in [0.25, 0.3) is 0 Å². The topological polar surface area (TPSA) is 9.72 Å². The first-order valence-electron chi connectivity index (χ1n) is 5.16. The minimum absolute atomic E-state index is 0.0825. The average Bonchev–Trinajstić information content (AvgIpc) is 2.47. The summed E-state index contributed by atoms with van der Waals surface area (Å²) < 4.78 is 1.54. The zero-order chi connectivity index (χ0) is 11.9. The molecule has 1 aromatic rings. The molecule has 0 spiro atoms. The third-order valence-corrected chi connectivity index (χ3v) is 4.54. The van der Waals surface area contributed by atoms with Crippen molar-refractivity contribution in [2.45, 2.75) is 18.0 Å². The van der Waals surface area contributed by atoms with E-state index in [1.165, 1.54) is 4.53 Å². The van der Waals surface area contributed by atoms with Gasteiger partial charge in [0.2, 0.25) is 0 Å². The maximum atomic E-state index is 6.70. The van der Waals surface area contributed by atoms with Crippen molar-refractivity contribution >= 4 is 23.4 Å². The first kappa shape index (κ1) is 12.1. The van der Waals surface area contributed by atoms with Crippen molar-refractivity contribution in [3.63, 3.8) is 0 Å². The summed E-state index contributed by atoms with van der Waals surface area (Å²) in [4.78, 5) is -0.730. The lowest BCUT2D eigenvalue weighted by Crippen LogP contribution is -2.39. The van der Waals surface area contributed by atoms with Crippen molar-refractivity contribution < 1.29 is 0 Å². The monoisotopic (exact) mass is 259 g/mol. The molecule has 0 aromatic heterocycles. The van der Waals surface area contributed by atoms with Crippen LogP contribution in [0, 0.1) is 0 Å². The first-order valence-corrected chi connectivity index (χ1v) is 5.88. The summed E-state index contributed by atoms with van der Waals surface area (Å²) in [7, 11) is 3.85. The maximum absolute atomic E-state index is 6.70. The van der Waals surface area contributed by atoms with Crippen LogP contribution in [0.3, 0.4) is 0 Å². The minimum Gasteiger partial charge on any atom is -0.224 e. The van der Waals surface area contributed by atoms with Crippen molar-refractivity contribution in [1.82, 2.24) is 14.7 Å². The summed E-state index contributed by atoms with van der Waals surface area (Å²) in [6, 6.07) is 9.97. The Labute approximate surface area is 106 Å². The van der Waals surface area contributed by atoms with Crippen LogP contribution in [0.15, 0.2) is 30.3 Å². The molecule has 2 atom stereocenters. The van der Waals surface area contributed by atoms with Gasteiger partial charge in [-0.15, -0.1) is 4.53 Å². The fraction of sp³-hybridized carbons (Fsp3) is 0.455. The van der Waals surface area contributed by atoms with E-state index < -0.39 is 5.00 Å². The van der Waals surface area contributed by atoms with Gasteiger partial charge >= 0.3 is 0 Å². The molecular formula is C11H15Cl2N3. The second-order valence-corrected chi connectivity index (χ2v) is 4.94. The maximum Gasteiger partial charge on any atom is 0.168 e. The van der Waals surface area contributed by atoms with E-state index in [-0.39, 0.29) is 6.04 Å². The van der Waals surface area contributed by atoms with E-state index in [4.69, 9.17) is 23.4 Å². The summed E-state index contributed by atoms with van der Waals surface area (Å²) in [5.74, 6) is 0. The van der Waals surface area contributed by atoms with Crippen LogP contribution < -0.4 is 0 Å². The van der Waals surface area contributed by atoms with Gasteiger partial charge in [-0.2, -0.15) is 5.12 Å². The van der Waals surface area contributed by atoms with Crippen molar-refractivity contribution in [2.24, 2.45) is 0 Å². The molecular weight excluding hydrogens is 245 g/mol. The largest absolute Gasteiger partial charge is 0.224 e. The zero-order valence-corrected chi connectivity index (χ0v) is 11.1. The van der Waals surface area contributed by atoms with Crippen molar-refractivity contribution in [1.29, 1.82) is 0 Å². The lowest BCUT2D eigenvalue weighted by Gasteiger charge is -2.30. The average molecular weight is 260 g/mol. The number of nitrogens with zero attached hydrogens (tertiary/aromatic N) is 3. The molecule has 88 valence electrons. The predicted octanol–water partition coefficient (Wildman–Crippen LogP) is 2.63. The van der Waals surface area contributed by atoms with Crippen LogP contribution in [-0.2, 0) is 5.00 Å². The lowest BCUT2D eigenvalue weighted by atomic mass is 10.0. The summed E-state index contributed by atoms with van der Waals surface area (Å²) in [6.45, 7) is 2.05.